The van der Waals surface area contributed by atoms with Gasteiger partial charge in [0.15, 0.2) is 9.84 Å². The SMILES string of the molecule is CC1CCN(C(=O)Cn2cc(S(=O)(=O)CCN3C(=O)c4ccccc4C3=O)c3ccccc32)CC1. The number of para-hydroxylation sites is 1. The summed E-state index contributed by atoms with van der Waals surface area (Å²) in [4.78, 5) is 41.1. The molecule has 35 heavy (non-hydrogen) atoms. The number of rotatable bonds is 6. The van der Waals surface area contributed by atoms with Crippen LogP contribution in [-0.2, 0) is 21.2 Å². The molecule has 2 aliphatic rings. The number of aromatic nitrogens is 1. The van der Waals surface area contributed by atoms with Gasteiger partial charge < -0.3 is 9.47 Å². The lowest BCUT2D eigenvalue weighted by atomic mass is 9.99. The molecule has 0 atom stereocenters. The van der Waals surface area contributed by atoms with E-state index in [9.17, 15) is 22.8 Å². The van der Waals surface area contributed by atoms with E-state index in [1.165, 1.54) is 6.20 Å². The van der Waals surface area contributed by atoms with Crippen LogP contribution in [0.15, 0.2) is 59.6 Å². The zero-order valence-electron chi connectivity index (χ0n) is 19.5. The Morgan fingerprint density at radius 1 is 0.943 bits per heavy atom. The summed E-state index contributed by atoms with van der Waals surface area (Å²) in [6, 6.07) is 13.5. The van der Waals surface area contributed by atoms with Gasteiger partial charge in [0.2, 0.25) is 5.91 Å². The maximum Gasteiger partial charge on any atom is 0.261 e. The number of amides is 3. The van der Waals surface area contributed by atoms with Gasteiger partial charge in [-0.15, -0.1) is 0 Å². The van der Waals surface area contributed by atoms with Gasteiger partial charge in [-0.1, -0.05) is 37.3 Å². The fraction of sp³-hybridized carbons (Fsp3) is 0.346. The molecule has 5 rings (SSSR count). The normalized spacial score (nSPS) is 16.8. The largest absolute Gasteiger partial charge is 0.341 e. The number of nitrogens with zero attached hydrogens (tertiary/aromatic N) is 3. The standard InChI is InChI=1S/C26H27N3O5S/c1-18-10-12-27(13-11-18)24(30)17-28-16-23(21-8-4-5-9-22(21)28)35(33,34)15-14-29-25(31)19-6-2-3-7-20(19)26(29)32/h2-9,16,18H,10-15,17H2,1H3. The molecule has 182 valence electrons. The van der Waals surface area contributed by atoms with Gasteiger partial charge in [0.05, 0.1) is 21.8 Å². The Labute approximate surface area is 204 Å². The first-order valence-corrected chi connectivity index (χ1v) is 13.4. The van der Waals surface area contributed by atoms with Gasteiger partial charge in [0.1, 0.15) is 6.54 Å². The summed E-state index contributed by atoms with van der Waals surface area (Å²) in [5, 5.41) is 0.523. The van der Waals surface area contributed by atoms with E-state index < -0.39 is 27.4 Å². The van der Waals surface area contributed by atoms with Crippen molar-refractivity contribution in [3.63, 3.8) is 0 Å². The number of hydrogen-bond acceptors (Lipinski definition) is 5. The lowest BCUT2D eigenvalue weighted by Crippen LogP contribution is -2.39. The third-order valence-electron chi connectivity index (χ3n) is 6.99. The van der Waals surface area contributed by atoms with Crippen LogP contribution in [0.2, 0.25) is 0 Å². The van der Waals surface area contributed by atoms with E-state index in [1.807, 2.05) is 4.90 Å². The molecule has 0 saturated carbocycles. The van der Waals surface area contributed by atoms with E-state index in [2.05, 4.69) is 6.92 Å². The highest BCUT2D eigenvalue weighted by Crippen LogP contribution is 2.28. The second-order valence-corrected chi connectivity index (χ2v) is 11.4. The fourth-order valence-electron chi connectivity index (χ4n) is 4.86. The molecule has 0 N–H and O–H groups in total. The monoisotopic (exact) mass is 493 g/mol. The Balaban J connectivity index is 1.37. The van der Waals surface area contributed by atoms with Crippen LogP contribution in [0.25, 0.3) is 10.9 Å². The zero-order chi connectivity index (χ0) is 24.7. The molecule has 3 aromatic rings. The van der Waals surface area contributed by atoms with E-state index in [0.717, 1.165) is 17.7 Å². The van der Waals surface area contributed by atoms with Crippen molar-refractivity contribution in [3.8, 4) is 0 Å². The number of carbonyl (C=O) groups excluding carboxylic acids is 3. The van der Waals surface area contributed by atoms with Gasteiger partial charge in [-0.25, -0.2) is 8.42 Å². The summed E-state index contributed by atoms with van der Waals surface area (Å²) >= 11 is 0. The zero-order valence-corrected chi connectivity index (χ0v) is 20.3. The van der Waals surface area contributed by atoms with E-state index in [0.29, 0.717) is 29.9 Å². The highest BCUT2D eigenvalue weighted by Gasteiger charge is 2.36. The van der Waals surface area contributed by atoms with Crippen molar-refractivity contribution in [2.24, 2.45) is 5.92 Å². The van der Waals surface area contributed by atoms with Gasteiger partial charge in [-0.2, -0.15) is 0 Å². The first-order chi connectivity index (χ1) is 16.8. The Bertz CT molecular complexity index is 1400. The van der Waals surface area contributed by atoms with Crippen molar-refractivity contribution in [1.82, 2.24) is 14.4 Å². The van der Waals surface area contributed by atoms with E-state index >= 15 is 0 Å². The number of piperidine rings is 1. The van der Waals surface area contributed by atoms with E-state index in [1.54, 1.807) is 53.1 Å². The van der Waals surface area contributed by atoms with E-state index in [-0.39, 0.29) is 35.0 Å². The molecule has 1 fully saturated rings. The summed E-state index contributed by atoms with van der Waals surface area (Å²) in [6.45, 7) is 3.43. The molecule has 0 unspecified atom stereocenters. The highest BCUT2D eigenvalue weighted by atomic mass is 32.2. The minimum absolute atomic E-state index is 0.0346. The molecule has 9 heteroatoms. The quantitative estimate of drug-likeness (QED) is 0.492. The van der Waals surface area contributed by atoms with Crippen molar-refractivity contribution in [2.45, 2.75) is 31.2 Å². The van der Waals surface area contributed by atoms with Gasteiger partial charge >= 0.3 is 0 Å². The van der Waals surface area contributed by atoms with Crippen LogP contribution >= 0.6 is 0 Å². The van der Waals surface area contributed by atoms with Crippen molar-refractivity contribution in [2.75, 3.05) is 25.4 Å². The number of fused-ring (bicyclic) bond motifs is 2. The van der Waals surface area contributed by atoms with Crippen molar-refractivity contribution in [3.05, 3.63) is 65.9 Å². The first kappa shape index (κ1) is 23.3. The smallest absolute Gasteiger partial charge is 0.261 e. The van der Waals surface area contributed by atoms with Gasteiger partial charge in [-0.3, -0.25) is 19.3 Å². The summed E-state index contributed by atoms with van der Waals surface area (Å²) < 4.78 is 28.4. The molecule has 0 bridgehead atoms. The Morgan fingerprint density at radius 3 is 2.20 bits per heavy atom. The summed E-state index contributed by atoms with van der Waals surface area (Å²) in [5.74, 6) is -0.794. The molecule has 1 aromatic heterocycles. The lowest BCUT2D eigenvalue weighted by molar-refractivity contribution is -0.133. The van der Waals surface area contributed by atoms with Crippen molar-refractivity contribution in [1.29, 1.82) is 0 Å². The Hall–Kier alpha value is -3.46. The van der Waals surface area contributed by atoms with Gasteiger partial charge in [0, 0.05) is 36.7 Å². The summed E-state index contributed by atoms with van der Waals surface area (Å²) in [6.07, 6.45) is 3.44. The van der Waals surface area contributed by atoms with Gasteiger partial charge in [-0.05, 0) is 37.0 Å². The number of likely N-dealkylation sites (tertiary alicyclic amines) is 1. The molecule has 3 amide bonds. The summed E-state index contributed by atoms with van der Waals surface area (Å²) in [5.41, 5.74) is 1.24. The third kappa shape index (κ3) is 4.25. The van der Waals surface area contributed by atoms with Crippen LogP contribution in [0.3, 0.4) is 0 Å². The molecule has 2 aromatic carbocycles. The number of carbonyl (C=O) groups is 3. The Morgan fingerprint density at radius 2 is 1.54 bits per heavy atom. The third-order valence-corrected chi connectivity index (χ3v) is 8.71. The molecule has 2 aliphatic heterocycles. The maximum atomic E-state index is 13.4. The molecular formula is C26H27N3O5S. The predicted octanol–water partition coefficient (Wildman–Crippen LogP) is 2.97. The average Bonchev–Trinajstić information content (AvgIpc) is 3.34. The number of imide groups is 1. The van der Waals surface area contributed by atoms with Crippen LogP contribution in [0.4, 0.5) is 0 Å². The predicted molar refractivity (Wildman–Crippen MR) is 131 cm³/mol. The minimum atomic E-state index is -3.85. The molecule has 3 heterocycles. The van der Waals surface area contributed by atoms with E-state index in [4.69, 9.17) is 0 Å². The molecule has 0 spiro atoms. The minimum Gasteiger partial charge on any atom is -0.341 e. The van der Waals surface area contributed by atoms with Crippen LogP contribution in [0.5, 0.6) is 0 Å². The maximum absolute atomic E-state index is 13.4. The van der Waals surface area contributed by atoms with Crippen LogP contribution in [0.1, 0.15) is 40.5 Å². The number of hydrogen-bond donors (Lipinski definition) is 0. The number of sulfone groups is 1. The van der Waals surface area contributed by atoms with Crippen molar-refractivity contribution < 1.29 is 22.8 Å². The molecule has 0 radical (unpaired) electrons. The topological polar surface area (TPSA) is 96.8 Å². The molecular weight excluding hydrogens is 466 g/mol. The summed E-state index contributed by atoms with van der Waals surface area (Å²) in [7, 11) is -3.85. The van der Waals surface area contributed by atoms with Crippen LogP contribution in [0, 0.1) is 5.92 Å². The number of benzene rings is 2. The molecule has 8 nitrogen and oxygen atoms in total. The van der Waals surface area contributed by atoms with Crippen LogP contribution in [-0.4, -0.2) is 65.9 Å². The molecule has 0 aliphatic carbocycles. The van der Waals surface area contributed by atoms with Gasteiger partial charge in [0.25, 0.3) is 11.8 Å². The van der Waals surface area contributed by atoms with Crippen molar-refractivity contribution >= 4 is 38.5 Å². The highest BCUT2D eigenvalue weighted by molar-refractivity contribution is 7.91. The fourth-order valence-corrected chi connectivity index (χ4v) is 6.30. The lowest BCUT2D eigenvalue weighted by Gasteiger charge is -2.30. The average molecular weight is 494 g/mol. The second-order valence-electron chi connectivity index (χ2n) is 9.33. The first-order valence-electron chi connectivity index (χ1n) is 11.8. The Kier molecular flexibility index (Phi) is 5.96. The molecule has 1 saturated heterocycles. The second kappa shape index (κ2) is 8.96. The van der Waals surface area contributed by atoms with Crippen LogP contribution < -0.4 is 0 Å².